The Morgan fingerprint density at radius 3 is 2.57 bits per heavy atom. The molecular weight excluding hydrogens is 284 g/mol. The van der Waals surface area contributed by atoms with Gasteiger partial charge in [-0.2, -0.15) is 0 Å². The fourth-order valence-electron chi connectivity index (χ4n) is 2.69. The van der Waals surface area contributed by atoms with Crippen LogP contribution < -0.4 is 0 Å². The molecule has 2 N–H and O–H groups in total. The number of hydrogen-bond donors (Lipinski definition) is 2. The lowest BCUT2D eigenvalue weighted by atomic mass is 9.99. The zero-order valence-electron chi connectivity index (χ0n) is 14.0. The van der Waals surface area contributed by atoms with E-state index in [0.29, 0.717) is 0 Å². The molecule has 0 aromatic carbocycles. The fraction of sp³-hybridized carbons (Fsp3) is 0.524. The standard InChI is InChI=1S/C21H24O2/c1-21(2,23)16-7-6-13-20(22)19-12-8-11-18(19)15-14-17-9-4-3-5-10-17/h9,20,22-23H,3-5,8,10-12H2,1-2H3. The first-order valence-electron chi connectivity index (χ1n) is 8.32. The molecule has 2 aliphatic rings. The second kappa shape index (κ2) is 8.08. The zero-order chi connectivity index (χ0) is 16.7. The Morgan fingerprint density at radius 1 is 1.04 bits per heavy atom. The van der Waals surface area contributed by atoms with Gasteiger partial charge in [-0.25, -0.2) is 0 Å². The topological polar surface area (TPSA) is 40.5 Å². The van der Waals surface area contributed by atoms with E-state index in [2.05, 4.69) is 41.6 Å². The largest absolute Gasteiger partial charge is 0.378 e. The molecule has 120 valence electrons. The molecule has 0 bridgehead atoms. The number of allylic oxidation sites excluding steroid dienone is 3. The lowest BCUT2D eigenvalue weighted by molar-refractivity contribution is 0.143. The van der Waals surface area contributed by atoms with Crippen molar-refractivity contribution in [3.05, 3.63) is 22.8 Å². The van der Waals surface area contributed by atoms with Crippen molar-refractivity contribution in [3.63, 3.8) is 0 Å². The summed E-state index contributed by atoms with van der Waals surface area (Å²) in [7, 11) is 0. The first kappa shape index (κ1) is 17.4. The molecule has 0 radical (unpaired) electrons. The highest BCUT2D eigenvalue weighted by atomic mass is 16.3. The average molecular weight is 308 g/mol. The predicted octanol–water partition coefficient (Wildman–Crippen LogP) is 3.11. The van der Waals surface area contributed by atoms with Gasteiger partial charge in [0.2, 0.25) is 0 Å². The van der Waals surface area contributed by atoms with Gasteiger partial charge >= 0.3 is 0 Å². The molecular formula is C21H24O2. The molecule has 1 unspecified atom stereocenters. The molecule has 2 aliphatic carbocycles. The van der Waals surface area contributed by atoms with Crippen molar-refractivity contribution in [1.29, 1.82) is 0 Å². The first-order chi connectivity index (χ1) is 11.0. The highest BCUT2D eigenvalue weighted by Crippen LogP contribution is 2.28. The van der Waals surface area contributed by atoms with Gasteiger partial charge in [0.25, 0.3) is 0 Å². The SMILES string of the molecule is CC(C)(O)C#CC#CC(O)C1=C(C#CC2=CCCCC2)CCC1. The Hall–Kier alpha value is -1.92. The van der Waals surface area contributed by atoms with Gasteiger partial charge in [-0.15, -0.1) is 0 Å². The Balaban J connectivity index is 2.09. The fourth-order valence-corrected chi connectivity index (χ4v) is 2.69. The van der Waals surface area contributed by atoms with E-state index in [9.17, 15) is 10.2 Å². The van der Waals surface area contributed by atoms with Crippen LogP contribution in [-0.2, 0) is 0 Å². The van der Waals surface area contributed by atoms with Crippen molar-refractivity contribution in [1.82, 2.24) is 0 Å². The van der Waals surface area contributed by atoms with Gasteiger partial charge in [0, 0.05) is 5.57 Å². The molecule has 0 heterocycles. The number of aliphatic hydroxyl groups excluding tert-OH is 1. The lowest BCUT2D eigenvalue weighted by Crippen LogP contribution is -2.14. The molecule has 0 aromatic rings. The van der Waals surface area contributed by atoms with Crippen LogP contribution in [0.3, 0.4) is 0 Å². The van der Waals surface area contributed by atoms with Crippen LogP contribution in [0.2, 0.25) is 0 Å². The van der Waals surface area contributed by atoms with E-state index in [0.717, 1.165) is 43.3 Å². The summed E-state index contributed by atoms with van der Waals surface area (Å²) in [6.07, 6.45) is 8.90. The maximum Gasteiger partial charge on any atom is 0.138 e. The van der Waals surface area contributed by atoms with E-state index < -0.39 is 11.7 Å². The summed E-state index contributed by atoms with van der Waals surface area (Å²) in [5.41, 5.74) is 2.14. The van der Waals surface area contributed by atoms with Crippen LogP contribution in [0.15, 0.2) is 22.8 Å². The molecule has 0 fully saturated rings. The van der Waals surface area contributed by atoms with Crippen LogP contribution in [0.1, 0.15) is 58.8 Å². The third kappa shape index (κ3) is 6.00. The van der Waals surface area contributed by atoms with Crippen molar-refractivity contribution in [2.24, 2.45) is 0 Å². The van der Waals surface area contributed by atoms with Crippen LogP contribution >= 0.6 is 0 Å². The molecule has 2 nitrogen and oxygen atoms in total. The van der Waals surface area contributed by atoms with Gasteiger partial charge in [0.1, 0.15) is 11.7 Å². The molecule has 0 saturated heterocycles. The van der Waals surface area contributed by atoms with Crippen molar-refractivity contribution in [2.75, 3.05) is 0 Å². The predicted molar refractivity (Wildman–Crippen MR) is 93.1 cm³/mol. The minimum atomic E-state index is -1.06. The molecule has 23 heavy (non-hydrogen) atoms. The molecule has 2 heteroatoms. The third-order valence-corrected chi connectivity index (χ3v) is 3.90. The maximum absolute atomic E-state index is 10.2. The van der Waals surface area contributed by atoms with E-state index >= 15 is 0 Å². The monoisotopic (exact) mass is 308 g/mol. The molecule has 0 aromatic heterocycles. The van der Waals surface area contributed by atoms with E-state index in [-0.39, 0.29) is 0 Å². The van der Waals surface area contributed by atoms with Crippen molar-refractivity contribution in [2.45, 2.75) is 70.5 Å². The summed E-state index contributed by atoms with van der Waals surface area (Å²) in [4.78, 5) is 0. The Labute approximate surface area is 139 Å². The van der Waals surface area contributed by atoms with Crippen LogP contribution in [0.25, 0.3) is 0 Å². The summed E-state index contributed by atoms with van der Waals surface area (Å²) in [6.45, 7) is 3.20. The van der Waals surface area contributed by atoms with Crippen LogP contribution in [-0.4, -0.2) is 21.9 Å². The van der Waals surface area contributed by atoms with Crippen molar-refractivity contribution < 1.29 is 10.2 Å². The summed E-state index contributed by atoms with van der Waals surface area (Å²) < 4.78 is 0. The van der Waals surface area contributed by atoms with Gasteiger partial charge in [-0.1, -0.05) is 29.8 Å². The summed E-state index contributed by atoms with van der Waals surface area (Å²) >= 11 is 0. The quantitative estimate of drug-likeness (QED) is 0.731. The number of rotatable bonds is 1. The van der Waals surface area contributed by atoms with Gasteiger partial charge in [0.15, 0.2) is 0 Å². The molecule has 0 saturated carbocycles. The van der Waals surface area contributed by atoms with Crippen LogP contribution in [0.4, 0.5) is 0 Å². The van der Waals surface area contributed by atoms with E-state index in [1.165, 1.54) is 18.4 Å². The highest BCUT2D eigenvalue weighted by Gasteiger charge is 2.18. The Kier molecular flexibility index (Phi) is 6.12. The Morgan fingerprint density at radius 2 is 1.87 bits per heavy atom. The van der Waals surface area contributed by atoms with Gasteiger partial charge in [-0.3, -0.25) is 0 Å². The lowest BCUT2D eigenvalue weighted by Gasteiger charge is -2.07. The van der Waals surface area contributed by atoms with Crippen LogP contribution in [0, 0.1) is 35.5 Å². The maximum atomic E-state index is 10.2. The Bertz CT molecular complexity index is 682. The van der Waals surface area contributed by atoms with E-state index in [1.54, 1.807) is 13.8 Å². The first-order valence-corrected chi connectivity index (χ1v) is 8.32. The minimum Gasteiger partial charge on any atom is -0.378 e. The summed E-state index contributed by atoms with van der Waals surface area (Å²) in [5.74, 6) is 17.1. The van der Waals surface area contributed by atoms with Crippen LogP contribution in [0.5, 0.6) is 0 Å². The minimum absolute atomic E-state index is 0.807. The highest BCUT2D eigenvalue weighted by molar-refractivity contribution is 5.46. The molecule has 0 aliphatic heterocycles. The second-order valence-electron chi connectivity index (χ2n) is 6.56. The smallest absolute Gasteiger partial charge is 0.138 e. The summed E-state index contributed by atoms with van der Waals surface area (Å²) in [5, 5.41) is 19.7. The molecule has 0 amide bonds. The van der Waals surface area contributed by atoms with Gasteiger partial charge in [0.05, 0.1) is 0 Å². The normalized spacial score (nSPS) is 18.7. The molecule has 0 spiro atoms. The molecule has 1 atom stereocenters. The van der Waals surface area contributed by atoms with Gasteiger partial charge in [-0.05, 0) is 81.8 Å². The number of aliphatic hydroxyl groups is 2. The average Bonchev–Trinajstić information content (AvgIpc) is 2.98. The molecule has 2 rings (SSSR count). The third-order valence-electron chi connectivity index (χ3n) is 3.90. The number of hydrogen-bond acceptors (Lipinski definition) is 2. The van der Waals surface area contributed by atoms with E-state index in [4.69, 9.17) is 0 Å². The second-order valence-corrected chi connectivity index (χ2v) is 6.56. The van der Waals surface area contributed by atoms with Crippen molar-refractivity contribution in [3.8, 4) is 35.5 Å². The summed E-state index contributed by atoms with van der Waals surface area (Å²) in [6, 6.07) is 0. The zero-order valence-corrected chi connectivity index (χ0v) is 14.0. The van der Waals surface area contributed by atoms with E-state index in [1.807, 2.05) is 0 Å². The van der Waals surface area contributed by atoms with Gasteiger partial charge < -0.3 is 10.2 Å². The van der Waals surface area contributed by atoms with Crippen molar-refractivity contribution >= 4 is 0 Å².